The third-order valence-electron chi connectivity index (χ3n) is 11.4. The number of nitrogens with zero attached hydrogens (tertiary/aromatic N) is 1. The smallest absolute Gasteiger partial charge is 0.302 e. The van der Waals surface area contributed by atoms with Gasteiger partial charge in [0.25, 0.3) is 0 Å². The van der Waals surface area contributed by atoms with Crippen LogP contribution in [0.3, 0.4) is 0 Å². The van der Waals surface area contributed by atoms with Crippen molar-refractivity contribution in [3.63, 3.8) is 0 Å². The summed E-state index contributed by atoms with van der Waals surface area (Å²) in [5, 5.41) is 12.4. The Labute approximate surface area is 207 Å². The van der Waals surface area contributed by atoms with Crippen LogP contribution in [0.5, 0.6) is 0 Å². The second-order valence-corrected chi connectivity index (χ2v) is 13.6. The fourth-order valence-electron chi connectivity index (χ4n) is 9.86. The lowest BCUT2D eigenvalue weighted by molar-refractivity contribution is -0.547. The van der Waals surface area contributed by atoms with Crippen molar-refractivity contribution in [3.8, 4) is 0 Å². The van der Waals surface area contributed by atoms with Gasteiger partial charge in [0.15, 0.2) is 0 Å². The van der Waals surface area contributed by atoms with Gasteiger partial charge in [-0.3, -0.25) is 14.9 Å². The van der Waals surface area contributed by atoms with Crippen molar-refractivity contribution in [1.82, 2.24) is 0 Å². The van der Waals surface area contributed by atoms with Crippen molar-refractivity contribution in [1.29, 1.82) is 0 Å². The van der Waals surface area contributed by atoms with Crippen LogP contribution in [0.2, 0.25) is 0 Å². The van der Waals surface area contributed by atoms with Gasteiger partial charge < -0.3 is 4.74 Å². The lowest BCUT2D eigenvalue weighted by Crippen LogP contribution is -2.60. The van der Waals surface area contributed by atoms with Gasteiger partial charge in [-0.15, -0.1) is 0 Å². The highest BCUT2D eigenvalue weighted by Gasteiger charge is 2.65. The molecule has 0 spiro atoms. The molecule has 4 fully saturated rings. The van der Waals surface area contributed by atoms with Crippen LogP contribution in [0.4, 0.5) is 0 Å². The molecule has 10 atom stereocenters. The summed E-state index contributed by atoms with van der Waals surface area (Å²) in [5.74, 6) is 3.77. The van der Waals surface area contributed by atoms with Crippen LogP contribution < -0.4 is 0 Å². The van der Waals surface area contributed by atoms with Gasteiger partial charge in [-0.05, 0) is 91.3 Å². The average Bonchev–Trinajstić information content (AvgIpc) is 3.10. The average molecular weight is 476 g/mol. The SMILES string of the molecule is CC(=O)OC1CC[C@@]2(C)C(C1)C([N+](=O)[O-])C[C@H]1[C@@H]3CC[C@H]([C@H](C)CCCC(C)C)[C@@]3(C)CC[C@@H]12. The first-order chi connectivity index (χ1) is 16.0. The predicted molar refractivity (Wildman–Crippen MR) is 135 cm³/mol. The standard InChI is InChI=1S/C29H49NO4/c1-18(2)8-7-9-19(3)23-10-11-24-22-17-27(30(32)33)26-16-21(34-20(4)31)12-14-29(26,6)25(22)13-15-28(23,24)5/h18-19,21-27H,7-17H2,1-6H3/t19-,21?,22+,23-,24+,25+,26?,27?,28-,29-/m1/s1. The van der Waals surface area contributed by atoms with Crippen LogP contribution in [-0.4, -0.2) is 23.0 Å². The van der Waals surface area contributed by atoms with Gasteiger partial charge in [0.2, 0.25) is 6.04 Å². The second-order valence-electron chi connectivity index (χ2n) is 13.6. The summed E-state index contributed by atoms with van der Waals surface area (Å²) in [5.41, 5.74) is 0.345. The topological polar surface area (TPSA) is 69.4 Å². The molecule has 4 aliphatic rings. The fourth-order valence-corrected chi connectivity index (χ4v) is 9.86. The van der Waals surface area contributed by atoms with E-state index in [2.05, 4.69) is 34.6 Å². The van der Waals surface area contributed by atoms with Gasteiger partial charge in [0.05, 0.1) is 0 Å². The molecule has 0 aromatic rings. The van der Waals surface area contributed by atoms with E-state index in [0.717, 1.165) is 37.0 Å². The first-order valence-electron chi connectivity index (χ1n) is 14.3. The van der Waals surface area contributed by atoms with Crippen molar-refractivity contribution in [3.05, 3.63) is 10.1 Å². The third-order valence-corrected chi connectivity index (χ3v) is 11.4. The van der Waals surface area contributed by atoms with Gasteiger partial charge in [0.1, 0.15) is 6.10 Å². The van der Waals surface area contributed by atoms with Crippen LogP contribution in [0.15, 0.2) is 0 Å². The fraction of sp³-hybridized carbons (Fsp3) is 0.966. The van der Waals surface area contributed by atoms with Crippen molar-refractivity contribution in [2.45, 2.75) is 124 Å². The minimum Gasteiger partial charge on any atom is -0.463 e. The monoisotopic (exact) mass is 475 g/mol. The number of hydrogen-bond donors (Lipinski definition) is 0. The Morgan fingerprint density at radius 1 is 0.971 bits per heavy atom. The number of ether oxygens (including phenoxy) is 1. The Bertz CT molecular complexity index is 767. The molecule has 4 aliphatic carbocycles. The first-order valence-corrected chi connectivity index (χ1v) is 14.3. The molecule has 0 aromatic heterocycles. The molecule has 0 bridgehead atoms. The minimum absolute atomic E-state index is 0.000397. The van der Waals surface area contributed by atoms with Gasteiger partial charge >= 0.3 is 5.97 Å². The van der Waals surface area contributed by atoms with E-state index in [1.165, 1.54) is 51.9 Å². The van der Waals surface area contributed by atoms with Crippen LogP contribution in [0, 0.1) is 62.4 Å². The number of fused-ring (bicyclic) bond motifs is 5. The molecular weight excluding hydrogens is 426 g/mol. The molecule has 0 amide bonds. The number of hydrogen-bond acceptors (Lipinski definition) is 4. The molecule has 34 heavy (non-hydrogen) atoms. The minimum atomic E-state index is -0.491. The lowest BCUT2D eigenvalue weighted by atomic mass is 9.43. The summed E-state index contributed by atoms with van der Waals surface area (Å²) in [6.45, 7) is 13.5. The molecule has 0 N–H and O–H groups in total. The van der Waals surface area contributed by atoms with Crippen molar-refractivity contribution in [2.24, 2.45) is 52.3 Å². The number of carbonyl (C=O) groups excluding carboxylic acids is 1. The van der Waals surface area contributed by atoms with Crippen LogP contribution in [-0.2, 0) is 9.53 Å². The highest BCUT2D eigenvalue weighted by atomic mass is 16.6. The maximum atomic E-state index is 12.4. The highest BCUT2D eigenvalue weighted by Crippen LogP contribution is 2.68. The Balaban J connectivity index is 1.54. The number of nitro groups is 1. The summed E-state index contributed by atoms with van der Waals surface area (Å²) in [6, 6.07) is -0.491. The van der Waals surface area contributed by atoms with Crippen molar-refractivity contribution >= 4 is 5.97 Å². The molecule has 0 aliphatic heterocycles. The van der Waals surface area contributed by atoms with E-state index >= 15 is 0 Å². The molecule has 0 saturated heterocycles. The predicted octanol–water partition coefficient (Wildman–Crippen LogP) is 7.29. The van der Waals surface area contributed by atoms with Crippen molar-refractivity contribution in [2.75, 3.05) is 0 Å². The van der Waals surface area contributed by atoms with Crippen molar-refractivity contribution < 1.29 is 14.5 Å². The van der Waals surface area contributed by atoms with Gasteiger partial charge in [-0.25, -0.2) is 0 Å². The van der Waals surface area contributed by atoms with Crippen LogP contribution in [0.1, 0.15) is 112 Å². The number of carbonyl (C=O) groups is 1. The summed E-state index contributed by atoms with van der Waals surface area (Å²) < 4.78 is 5.56. The molecule has 5 nitrogen and oxygen atoms in total. The van der Waals surface area contributed by atoms with E-state index in [1.807, 2.05) is 0 Å². The zero-order valence-electron chi connectivity index (χ0n) is 22.6. The van der Waals surface area contributed by atoms with Crippen LogP contribution in [0.25, 0.3) is 0 Å². The Hall–Kier alpha value is -1.13. The van der Waals surface area contributed by atoms with Gasteiger partial charge in [-0.1, -0.05) is 53.9 Å². The zero-order valence-corrected chi connectivity index (χ0v) is 22.6. The normalized spacial score (nSPS) is 44.6. The maximum absolute atomic E-state index is 12.4. The molecule has 0 radical (unpaired) electrons. The zero-order chi connectivity index (χ0) is 24.8. The van der Waals surface area contributed by atoms with E-state index in [0.29, 0.717) is 29.6 Å². The van der Waals surface area contributed by atoms with E-state index in [1.54, 1.807) is 0 Å². The molecule has 0 heterocycles. The second kappa shape index (κ2) is 9.73. The van der Waals surface area contributed by atoms with Gasteiger partial charge in [0, 0.05) is 24.2 Å². The van der Waals surface area contributed by atoms with E-state index in [9.17, 15) is 14.9 Å². The quantitative estimate of drug-likeness (QED) is 0.220. The van der Waals surface area contributed by atoms with Crippen LogP contribution >= 0.6 is 0 Å². The number of esters is 1. The molecule has 4 rings (SSSR count). The Morgan fingerprint density at radius 3 is 2.29 bits per heavy atom. The third kappa shape index (κ3) is 4.54. The van der Waals surface area contributed by atoms with E-state index < -0.39 is 6.04 Å². The molecule has 0 aromatic carbocycles. The molecule has 4 saturated carbocycles. The maximum Gasteiger partial charge on any atom is 0.302 e. The largest absolute Gasteiger partial charge is 0.463 e. The summed E-state index contributed by atoms with van der Waals surface area (Å²) in [6.07, 6.45) is 12.1. The number of rotatable bonds is 7. The van der Waals surface area contributed by atoms with E-state index in [4.69, 9.17) is 4.74 Å². The van der Waals surface area contributed by atoms with E-state index in [-0.39, 0.29) is 28.3 Å². The summed E-state index contributed by atoms with van der Waals surface area (Å²) in [7, 11) is 0. The lowest BCUT2D eigenvalue weighted by Gasteiger charge is -2.61. The summed E-state index contributed by atoms with van der Waals surface area (Å²) in [4.78, 5) is 24.0. The Kier molecular flexibility index (Phi) is 7.43. The summed E-state index contributed by atoms with van der Waals surface area (Å²) >= 11 is 0. The molecule has 3 unspecified atom stereocenters. The highest BCUT2D eigenvalue weighted by molar-refractivity contribution is 5.66. The molecular formula is C29H49NO4. The first kappa shape index (κ1) is 25.9. The Morgan fingerprint density at radius 2 is 1.65 bits per heavy atom. The molecule has 194 valence electrons. The van der Waals surface area contributed by atoms with Gasteiger partial charge in [-0.2, -0.15) is 0 Å². The molecule has 5 heteroatoms.